The summed E-state index contributed by atoms with van der Waals surface area (Å²) in [5.41, 5.74) is 8.03. The average Bonchev–Trinajstić information content (AvgIpc) is 2.35. The van der Waals surface area contributed by atoms with Gasteiger partial charge in [0.1, 0.15) is 0 Å². The van der Waals surface area contributed by atoms with Crippen LogP contribution in [0.3, 0.4) is 0 Å². The van der Waals surface area contributed by atoms with Gasteiger partial charge in [-0.1, -0.05) is 6.07 Å². The maximum Gasteiger partial charge on any atom is 0.0372 e. The fourth-order valence-corrected chi connectivity index (χ4v) is 2.52. The van der Waals surface area contributed by atoms with Gasteiger partial charge in [0, 0.05) is 18.4 Å². The first-order chi connectivity index (χ1) is 8.28. The predicted molar refractivity (Wildman–Crippen MR) is 70.6 cm³/mol. The highest BCUT2D eigenvalue weighted by Gasteiger charge is 2.18. The molecule has 0 aromatic carbocycles. The fourth-order valence-electron chi connectivity index (χ4n) is 2.52. The minimum absolute atomic E-state index is 0.840. The SMILES string of the molecule is Cc1ccc(CN2CCC(CCN)CC2)cn1. The van der Waals surface area contributed by atoms with E-state index in [1.54, 1.807) is 0 Å². The molecule has 0 atom stereocenters. The first-order valence-corrected chi connectivity index (χ1v) is 6.62. The normalized spacial score (nSPS) is 18.5. The van der Waals surface area contributed by atoms with E-state index in [2.05, 4.69) is 22.0 Å². The molecule has 2 heterocycles. The number of rotatable bonds is 4. The van der Waals surface area contributed by atoms with Gasteiger partial charge in [0.25, 0.3) is 0 Å². The third-order valence-electron chi connectivity index (χ3n) is 3.66. The molecule has 0 bridgehead atoms. The molecular formula is C14H23N3. The number of likely N-dealkylation sites (tertiary alicyclic amines) is 1. The van der Waals surface area contributed by atoms with Crippen LogP contribution in [0.1, 0.15) is 30.5 Å². The zero-order valence-corrected chi connectivity index (χ0v) is 10.7. The van der Waals surface area contributed by atoms with E-state index in [1.807, 2.05) is 13.1 Å². The summed E-state index contributed by atoms with van der Waals surface area (Å²) in [5, 5.41) is 0. The zero-order valence-electron chi connectivity index (χ0n) is 10.7. The Balaban J connectivity index is 1.79. The lowest BCUT2D eigenvalue weighted by Gasteiger charge is -2.31. The van der Waals surface area contributed by atoms with Crippen molar-refractivity contribution in [1.29, 1.82) is 0 Å². The largest absolute Gasteiger partial charge is 0.330 e. The van der Waals surface area contributed by atoms with Crippen LogP contribution >= 0.6 is 0 Å². The lowest BCUT2D eigenvalue weighted by atomic mass is 9.93. The predicted octanol–water partition coefficient (Wildman–Crippen LogP) is 1.95. The van der Waals surface area contributed by atoms with Gasteiger partial charge < -0.3 is 5.73 Å². The summed E-state index contributed by atoms with van der Waals surface area (Å²) in [5.74, 6) is 0.854. The van der Waals surface area contributed by atoms with Crippen molar-refractivity contribution in [2.75, 3.05) is 19.6 Å². The van der Waals surface area contributed by atoms with Crippen LogP contribution in [0.5, 0.6) is 0 Å². The third kappa shape index (κ3) is 3.79. The van der Waals surface area contributed by atoms with Crippen molar-refractivity contribution in [2.24, 2.45) is 11.7 Å². The molecule has 1 aromatic rings. The van der Waals surface area contributed by atoms with Gasteiger partial charge in [-0.2, -0.15) is 0 Å². The summed E-state index contributed by atoms with van der Waals surface area (Å²) >= 11 is 0. The molecule has 1 fully saturated rings. The van der Waals surface area contributed by atoms with Crippen LogP contribution in [-0.2, 0) is 6.54 Å². The number of hydrogen-bond acceptors (Lipinski definition) is 3. The lowest BCUT2D eigenvalue weighted by molar-refractivity contribution is 0.173. The first-order valence-electron chi connectivity index (χ1n) is 6.62. The molecule has 0 spiro atoms. The maximum atomic E-state index is 5.61. The van der Waals surface area contributed by atoms with Crippen LogP contribution in [-0.4, -0.2) is 29.5 Å². The summed E-state index contributed by atoms with van der Waals surface area (Å²) in [7, 11) is 0. The zero-order chi connectivity index (χ0) is 12.1. The smallest absolute Gasteiger partial charge is 0.0372 e. The van der Waals surface area contributed by atoms with E-state index < -0.39 is 0 Å². The Hall–Kier alpha value is -0.930. The van der Waals surface area contributed by atoms with E-state index in [1.165, 1.54) is 37.9 Å². The van der Waals surface area contributed by atoms with Crippen molar-refractivity contribution in [3.63, 3.8) is 0 Å². The third-order valence-corrected chi connectivity index (χ3v) is 3.66. The number of nitrogens with two attached hydrogens (primary N) is 1. The summed E-state index contributed by atoms with van der Waals surface area (Å²) in [6, 6.07) is 4.28. The number of piperidine rings is 1. The molecule has 0 aliphatic carbocycles. The molecule has 1 saturated heterocycles. The monoisotopic (exact) mass is 233 g/mol. The number of aromatic nitrogens is 1. The Morgan fingerprint density at radius 3 is 2.71 bits per heavy atom. The van der Waals surface area contributed by atoms with Gasteiger partial charge in [0.05, 0.1) is 0 Å². The highest BCUT2D eigenvalue weighted by Crippen LogP contribution is 2.21. The van der Waals surface area contributed by atoms with Crippen LogP contribution in [0.25, 0.3) is 0 Å². The molecule has 17 heavy (non-hydrogen) atoms. The van der Waals surface area contributed by atoms with Crippen molar-refractivity contribution in [1.82, 2.24) is 9.88 Å². The van der Waals surface area contributed by atoms with Gasteiger partial charge in [-0.15, -0.1) is 0 Å². The van der Waals surface area contributed by atoms with E-state index in [9.17, 15) is 0 Å². The summed E-state index contributed by atoms with van der Waals surface area (Å²) in [6.07, 6.45) is 5.80. The van der Waals surface area contributed by atoms with Crippen LogP contribution in [0.15, 0.2) is 18.3 Å². The summed E-state index contributed by atoms with van der Waals surface area (Å²) < 4.78 is 0. The summed E-state index contributed by atoms with van der Waals surface area (Å²) in [4.78, 5) is 6.87. The molecule has 3 nitrogen and oxygen atoms in total. The molecule has 3 heteroatoms. The van der Waals surface area contributed by atoms with Gasteiger partial charge in [-0.3, -0.25) is 9.88 Å². The number of pyridine rings is 1. The molecule has 94 valence electrons. The molecule has 2 N–H and O–H groups in total. The van der Waals surface area contributed by atoms with Crippen LogP contribution in [0.2, 0.25) is 0 Å². The van der Waals surface area contributed by atoms with Gasteiger partial charge in [0.15, 0.2) is 0 Å². The Bertz CT molecular complexity index is 326. The van der Waals surface area contributed by atoms with Crippen LogP contribution in [0, 0.1) is 12.8 Å². The molecule has 0 radical (unpaired) electrons. The molecule has 1 aliphatic rings. The van der Waals surface area contributed by atoms with Gasteiger partial charge >= 0.3 is 0 Å². The average molecular weight is 233 g/mol. The molecule has 0 unspecified atom stereocenters. The molecule has 2 rings (SSSR count). The van der Waals surface area contributed by atoms with E-state index in [-0.39, 0.29) is 0 Å². The van der Waals surface area contributed by atoms with Crippen molar-refractivity contribution in [3.05, 3.63) is 29.6 Å². The number of nitrogens with zero attached hydrogens (tertiary/aromatic N) is 2. The number of hydrogen-bond donors (Lipinski definition) is 1. The highest BCUT2D eigenvalue weighted by atomic mass is 15.1. The first kappa shape index (κ1) is 12.5. The lowest BCUT2D eigenvalue weighted by Crippen LogP contribution is -2.33. The van der Waals surface area contributed by atoms with Crippen molar-refractivity contribution in [3.8, 4) is 0 Å². The Kier molecular flexibility index (Phi) is 4.51. The van der Waals surface area contributed by atoms with E-state index in [4.69, 9.17) is 5.73 Å². The second kappa shape index (κ2) is 6.12. The second-order valence-corrected chi connectivity index (χ2v) is 5.10. The topological polar surface area (TPSA) is 42.1 Å². The van der Waals surface area contributed by atoms with Gasteiger partial charge in [-0.25, -0.2) is 0 Å². The molecule has 1 aromatic heterocycles. The standard InChI is InChI=1S/C14H23N3/c1-12-2-3-14(10-16-12)11-17-8-5-13(4-7-15)6-9-17/h2-3,10,13H,4-9,11,15H2,1H3. The van der Waals surface area contributed by atoms with Gasteiger partial charge in [-0.05, 0) is 63.4 Å². The molecule has 1 aliphatic heterocycles. The molecule has 0 saturated carbocycles. The van der Waals surface area contributed by atoms with Crippen molar-refractivity contribution < 1.29 is 0 Å². The fraction of sp³-hybridized carbons (Fsp3) is 0.643. The summed E-state index contributed by atoms with van der Waals surface area (Å²) in [6.45, 7) is 6.33. The van der Waals surface area contributed by atoms with Gasteiger partial charge in [0.2, 0.25) is 0 Å². The highest BCUT2D eigenvalue weighted by molar-refractivity contribution is 5.13. The van der Waals surface area contributed by atoms with Crippen LogP contribution in [0.4, 0.5) is 0 Å². The molecular weight excluding hydrogens is 210 g/mol. The van der Waals surface area contributed by atoms with Crippen LogP contribution < -0.4 is 5.73 Å². The van der Waals surface area contributed by atoms with Crippen molar-refractivity contribution >= 4 is 0 Å². The van der Waals surface area contributed by atoms with E-state index >= 15 is 0 Å². The van der Waals surface area contributed by atoms with E-state index in [0.29, 0.717) is 0 Å². The minimum atomic E-state index is 0.840. The van der Waals surface area contributed by atoms with Crippen molar-refractivity contribution in [2.45, 2.75) is 32.7 Å². The Morgan fingerprint density at radius 1 is 1.35 bits per heavy atom. The van der Waals surface area contributed by atoms with E-state index in [0.717, 1.165) is 24.7 Å². The quantitative estimate of drug-likeness (QED) is 0.864. The minimum Gasteiger partial charge on any atom is -0.330 e. The second-order valence-electron chi connectivity index (χ2n) is 5.10. The molecule has 0 amide bonds. The maximum absolute atomic E-state index is 5.61. The Labute approximate surface area is 104 Å². The Morgan fingerprint density at radius 2 is 2.12 bits per heavy atom. The number of aryl methyl sites for hydroxylation is 1.